The first-order chi connectivity index (χ1) is 10.0. The Morgan fingerprint density at radius 2 is 2.05 bits per heavy atom. The number of nitrogens with one attached hydrogen (secondary N) is 1. The van der Waals surface area contributed by atoms with Crippen LogP contribution < -0.4 is 10.1 Å². The molecule has 2 atom stereocenters. The first kappa shape index (κ1) is 16.3. The monoisotopic (exact) mass is 293 g/mol. The number of ether oxygens (including phenoxy) is 3. The molecule has 0 fully saturated rings. The predicted octanol–water partition coefficient (Wildman–Crippen LogP) is 2.71. The molecule has 1 N–H and O–H groups in total. The van der Waals surface area contributed by atoms with E-state index in [-0.39, 0.29) is 17.7 Å². The zero-order chi connectivity index (χ0) is 15.5. The molecule has 0 amide bonds. The molecule has 2 rings (SSSR count). The molecule has 0 heterocycles. The van der Waals surface area contributed by atoms with E-state index in [2.05, 4.69) is 31.3 Å². The fourth-order valence-electron chi connectivity index (χ4n) is 2.76. The van der Waals surface area contributed by atoms with Gasteiger partial charge in [-0.3, -0.25) is 0 Å². The van der Waals surface area contributed by atoms with E-state index in [9.17, 15) is 0 Å². The lowest BCUT2D eigenvalue weighted by molar-refractivity contribution is -0.0315. The fourth-order valence-corrected chi connectivity index (χ4v) is 2.76. The van der Waals surface area contributed by atoms with E-state index in [1.165, 1.54) is 11.1 Å². The van der Waals surface area contributed by atoms with Gasteiger partial charge >= 0.3 is 0 Å². The van der Waals surface area contributed by atoms with Crippen LogP contribution in [0.25, 0.3) is 0 Å². The molecule has 0 aliphatic heterocycles. The first-order valence-electron chi connectivity index (χ1n) is 7.51. The Hall–Kier alpha value is -1.10. The maximum Gasteiger partial charge on any atom is 0.119 e. The number of fused-ring (bicyclic) bond motifs is 1. The van der Waals surface area contributed by atoms with Gasteiger partial charge in [-0.2, -0.15) is 0 Å². The van der Waals surface area contributed by atoms with Crippen molar-refractivity contribution in [1.82, 2.24) is 5.32 Å². The summed E-state index contributed by atoms with van der Waals surface area (Å²) in [5.41, 5.74) is 2.49. The zero-order valence-electron chi connectivity index (χ0n) is 13.7. The fraction of sp³-hybridized carbons (Fsp3) is 0.647. The molecule has 1 aromatic rings. The smallest absolute Gasteiger partial charge is 0.119 e. The molecule has 1 aliphatic rings. The van der Waals surface area contributed by atoms with E-state index in [0.717, 1.165) is 18.6 Å². The summed E-state index contributed by atoms with van der Waals surface area (Å²) in [4.78, 5) is 0. The second-order valence-electron chi connectivity index (χ2n) is 6.16. The maximum atomic E-state index is 6.12. The van der Waals surface area contributed by atoms with E-state index in [4.69, 9.17) is 14.2 Å². The van der Waals surface area contributed by atoms with Crippen molar-refractivity contribution in [3.8, 4) is 5.75 Å². The summed E-state index contributed by atoms with van der Waals surface area (Å²) in [7, 11) is 5.43. The van der Waals surface area contributed by atoms with Crippen molar-refractivity contribution in [3.63, 3.8) is 0 Å². The Kier molecular flexibility index (Phi) is 5.25. The minimum atomic E-state index is -0.135. The van der Waals surface area contributed by atoms with Crippen LogP contribution in [0.5, 0.6) is 5.75 Å². The molecular weight excluding hydrogens is 266 g/mol. The van der Waals surface area contributed by atoms with E-state index >= 15 is 0 Å². The molecule has 0 aromatic heterocycles. The highest BCUT2D eigenvalue weighted by atomic mass is 16.5. The third kappa shape index (κ3) is 3.76. The summed E-state index contributed by atoms with van der Waals surface area (Å²) in [6.45, 7) is 4.87. The average Bonchev–Trinajstić information content (AvgIpc) is 2.83. The molecule has 1 aromatic carbocycles. The zero-order valence-corrected chi connectivity index (χ0v) is 13.7. The van der Waals surface area contributed by atoms with Gasteiger partial charge in [0.2, 0.25) is 0 Å². The van der Waals surface area contributed by atoms with Crippen LogP contribution in [0.4, 0.5) is 0 Å². The Labute approximate surface area is 127 Å². The third-order valence-corrected chi connectivity index (χ3v) is 4.38. The maximum absolute atomic E-state index is 6.12. The van der Waals surface area contributed by atoms with Crippen LogP contribution in [0, 0.1) is 0 Å². The highest BCUT2D eigenvalue weighted by Gasteiger charge is 2.32. The van der Waals surface area contributed by atoms with Gasteiger partial charge in [-0.1, -0.05) is 6.07 Å². The Bertz CT molecular complexity index is 473. The normalized spacial score (nSPS) is 21.4. The van der Waals surface area contributed by atoms with Gasteiger partial charge in [0.05, 0.1) is 24.9 Å². The molecule has 0 bridgehead atoms. The second-order valence-corrected chi connectivity index (χ2v) is 6.16. The standard InChI is InChI=1S/C17H27NO3/c1-17(2,20-5)8-9-21-15-10-12-6-7-13(19-4)11-14(12)16(15)18-3/h6-7,11,15-16,18H,8-10H2,1-5H3. The van der Waals surface area contributed by atoms with E-state index in [0.29, 0.717) is 6.61 Å². The van der Waals surface area contributed by atoms with Crippen LogP contribution in [0.3, 0.4) is 0 Å². The van der Waals surface area contributed by atoms with Crippen molar-refractivity contribution < 1.29 is 14.2 Å². The van der Waals surface area contributed by atoms with Gasteiger partial charge in [0.1, 0.15) is 5.75 Å². The van der Waals surface area contributed by atoms with Gasteiger partial charge in [-0.25, -0.2) is 0 Å². The van der Waals surface area contributed by atoms with Crippen LogP contribution in [-0.2, 0) is 15.9 Å². The minimum absolute atomic E-state index is 0.135. The average molecular weight is 293 g/mol. The van der Waals surface area contributed by atoms with E-state index < -0.39 is 0 Å². The lowest BCUT2D eigenvalue weighted by Gasteiger charge is -2.25. The van der Waals surface area contributed by atoms with Gasteiger partial charge < -0.3 is 19.5 Å². The quantitative estimate of drug-likeness (QED) is 0.839. The Balaban J connectivity index is 2.00. The molecule has 2 unspecified atom stereocenters. The van der Waals surface area contributed by atoms with Crippen LogP contribution in [0.2, 0.25) is 0 Å². The number of hydrogen-bond donors (Lipinski definition) is 1. The van der Waals surface area contributed by atoms with Gasteiger partial charge in [0.25, 0.3) is 0 Å². The van der Waals surface area contributed by atoms with Crippen LogP contribution >= 0.6 is 0 Å². The van der Waals surface area contributed by atoms with Crippen LogP contribution in [-0.4, -0.2) is 39.6 Å². The molecular formula is C17H27NO3. The molecule has 21 heavy (non-hydrogen) atoms. The molecule has 0 radical (unpaired) electrons. The van der Waals surface area contributed by atoms with Crippen molar-refractivity contribution >= 4 is 0 Å². The number of hydrogen-bond acceptors (Lipinski definition) is 4. The Morgan fingerprint density at radius 3 is 2.67 bits per heavy atom. The second kappa shape index (κ2) is 6.77. The molecule has 0 saturated carbocycles. The van der Waals surface area contributed by atoms with E-state index in [1.807, 2.05) is 13.1 Å². The summed E-state index contributed by atoms with van der Waals surface area (Å²) < 4.78 is 16.9. The molecule has 4 heteroatoms. The van der Waals surface area contributed by atoms with Gasteiger partial charge in [0, 0.05) is 20.1 Å². The number of methoxy groups -OCH3 is 2. The molecule has 1 aliphatic carbocycles. The summed E-state index contributed by atoms with van der Waals surface area (Å²) in [5.74, 6) is 0.898. The van der Waals surface area contributed by atoms with Gasteiger partial charge in [-0.15, -0.1) is 0 Å². The van der Waals surface area contributed by atoms with Crippen molar-refractivity contribution in [2.24, 2.45) is 0 Å². The lowest BCUT2D eigenvalue weighted by atomic mass is 10.1. The van der Waals surface area contributed by atoms with Crippen molar-refractivity contribution in [2.45, 2.75) is 44.4 Å². The molecule has 0 saturated heterocycles. The summed E-state index contributed by atoms with van der Waals surface area (Å²) in [6, 6.07) is 6.49. The highest BCUT2D eigenvalue weighted by molar-refractivity contribution is 5.42. The highest BCUT2D eigenvalue weighted by Crippen LogP contribution is 2.35. The van der Waals surface area contributed by atoms with Crippen LogP contribution in [0.15, 0.2) is 18.2 Å². The molecule has 0 spiro atoms. The predicted molar refractivity (Wildman–Crippen MR) is 83.9 cm³/mol. The van der Waals surface area contributed by atoms with Crippen molar-refractivity contribution in [1.29, 1.82) is 0 Å². The van der Waals surface area contributed by atoms with E-state index in [1.54, 1.807) is 14.2 Å². The van der Waals surface area contributed by atoms with Crippen molar-refractivity contribution in [2.75, 3.05) is 27.9 Å². The topological polar surface area (TPSA) is 39.7 Å². The molecule has 118 valence electrons. The number of benzene rings is 1. The van der Waals surface area contributed by atoms with Crippen molar-refractivity contribution in [3.05, 3.63) is 29.3 Å². The summed E-state index contributed by atoms with van der Waals surface area (Å²) >= 11 is 0. The number of rotatable bonds is 7. The lowest BCUT2D eigenvalue weighted by Crippen LogP contribution is -2.31. The SMILES string of the molecule is CNC1c2cc(OC)ccc2CC1OCCC(C)(C)OC. The minimum Gasteiger partial charge on any atom is -0.497 e. The van der Waals surface area contributed by atoms with Gasteiger partial charge in [-0.05, 0) is 50.6 Å². The Morgan fingerprint density at radius 1 is 1.29 bits per heavy atom. The summed E-state index contributed by atoms with van der Waals surface area (Å²) in [5, 5.41) is 3.37. The van der Waals surface area contributed by atoms with Gasteiger partial charge in [0.15, 0.2) is 0 Å². The number of likely N-dealkylation sites (N-methyl/N-ethyl adjacent to an activating group) is 1. The summed E-state index contributed by atoms with van der Waals surface area (Å²) in [6.07, 6.45) is 2.00. The van der Waals surface area contributed by atoms with Crippen LogP contribution in [0.1, 0.15) is 37.4 Å². The largest absolute Gasteiger partial charge is 0.497 e. The third-order valence-electron chi connectivity index (χ3n) is 4.38. The molecule has 4 nitrogen and oxygen atoms in total. The first-order valence-corrected chi connectivity index (χ1v) is 7.51.